The number of nitrogens with two attached hydrogens (primary N) is 3. The number of carbonyl (C=O) groups is 1. The molecular weight excluding hydrogens is 301 g/mol. The van der Waals surface area contributed by atoms with Gasteiger partial charge in [-0.3, -0.25) is 4.79 Å². The van der Waals surface area contributed by atoms with E-state index in [1.807, 2.05) is 0 Å². The highest BCUT2D eigenvalue weighted by Gasteiger charge is 2.32. The molecular formula is C9H9F3N4O3S. The second-order valence-electron chi connectivity index (χ2n) is 3.63. The Bertz CT molecular complexity index is 678. The lowest BCUT2D eigenvalue weighted by Gasteiger charge is -2.10. The Morgan fingerprint density at radius 2 is 1.70 bits per heavy atom. The molecule has 0 saturated carbocycles. The molecule has 0 fully saturated rings. The summed E-state index contributed by atoms with van der Waals surface area (Å²) in [6.07, 6.45) is -4.87. The Labute approximate surface area is 111 Å². The summed E-state index contributed by atoms with van der Waals surface area (Å²) in [6, 6.07) is 1.38. The zero-order valence-corrected chi connectivity index (χ0v) is 10.5. The topological polar surface area (TPSA) is 142 Å². The Balaban J connectivity index is 3.55. The lowest BCUT2D eigenvalue weighted by Crippen LogP contribution is -2.24. The number of aliphatic imine (C=N–C) groups is 1. The van der Waals surface area contributed by atoms with Gasteiger partial charge in [-0.1, -0.05) is 0 Å². The first-order valence-electron chi connectivity index (χ1n) is 4.80. The smallest absolute Gasteiger partial charge is 0.370 e. The summed E-state index contributed by atoms with van der Waals surface area (Å²) in [4.78, 5) is 13.6. The number of rotatable bonds is 2. The molecule has 20 heavy (non-hydrogen) atoms. The highest BCUT2D eigenvalue weighted by atomic mass is 32.2. The summed E-state index contributed by atoms with van der Waals surface area (Å²) in [5.74, 6) is -1.90. The monoisotopic (exact) mass is 310 g/mol. The number of carbonyl (C=O) groups excluding carboxylic acids is 1. The molecule has 0 aliphatic rings. The van der Waals surface area contributed by atoms with Gasteiger partial charge in [0.05, 0.1) is 10.5 Å². The van der Waals surface area contributed by atoms with Crippen LogP contribution in [0.4, 0.5) is 13.2 Å². The van der Waals surface area contributed by atoms with Crippen molar-refractivity contribution >= 4 is 21.9 Å². The zero-order chi connectivity index (χ0) is 15.7. The average molecular weight is 310 g/mol. The van der Waals surface area contributed by atoms with Crippen molar-refractivity contribution in [2.24, 2.45) is 21.6 Å². The molecule has 0 radical (unpaired) electrons. The van der Waals surface area contributed by atoms with Crippen LogP contribution in [0.25, 0.3) is 0 Å². The fraction of sp³-hybridized carbons (Fsp3) is 0.111. The SMILES string of the molecule is NC(N)=NC(=O)c1cc(C(F)(F)F)cc(S(N)(=O)=O)c1. The number of guanidine groups is 1. The molecule has 11 heteroatoms. The molecule has 0 unspecified atom stereocenters. The first kappa shape index (κ1) is 15.9. The van der Waals surface area contributed by atoms with Crippen LogP contribution >= 0.6 is 0 Å². The van der Waals surface area contributed by atoms with E-state index in [-0.39, 0.29) is 0 Å². The fourth-order valence-electron chi connectivity index (χ4n) is 1.23. The van der Waals surface area contributed by atoms with Crippen LogP contribution in [-0.4, -0.2) is 20.3 Å². The van der Waals surface area contributed by atoms with Crippen LogP contribution < -0.4 is 16.6 Å². The molecule has 0 atom stereocenters. The maximum atomic E-state index is 12.6. The zero-order valence-electron chi connectivity index (χ0n) is 9.68. The van der Waals surface area contributed by atoms with E-state index in [9.17, 15) is 26.4 Å². The molecule has 6 N–H and O–H groups in total. The third-order valence-corrected chi connectivity index (χ3v) is 2.93. The summed E-state index contributed by atoms with van der Waals surface area (Å²) in [6.45, 7) is 0. The van der Waals surface area contributed by atoms with E-state index in [0.717, 1.165) is 0 Å². The molecule has 0 aliphatic heterocycles. The van der Waals surface area contributed by atoms with Gasteiger partial charge >= 0.3 is 6.18 Å². The molecule has 0 aliphatic carbocycles. The molecule has 0 aromatic heterocycles. The molecule has 110 valence electrons. The number of halogens is 3. The van der Waals surface area contributed by atoms with E-state index in [2.05, 4.69) is 4.99 Å². The van der Waals surface area contributed by atoms with Gasteiger partial charge in [-0.05, 0) is 18.2 Å². The van der Waals surface area contributed by atoms with Crippen LogP contribution in [0.1, 0.15) is 15.9 Å². The number of hydrogen-bond donors (Lipinski definition) is 3. The quantitative estimate of drug-likeness (QED) is 0.511. The van der Waals surface area contributed by atoms with Gasteiger partial charge in [-0.25, -0.2) is 13.6 Å². The van der Waals surface area contributed by atoms with Crippen LogP contribution in [0.5, 0.6) is 0 Å². The summed E-state index contributed by atoms with van der Waals surface area (Å²) >= 11 is 0. The molecule has 0 saturated heterocycles. The Morgan fingerprint density at radius 3 is 2.10 bits per heavy atom. The van der Waals surface area contributed by atoms with Crippen molar-refractivity contribution in [2.45, 2.75) is 11.1 Å². The number of primary sulfonamides is 1. The van der Waals surface area contributed by atoms with Crippen LogP contribution in [0.15, 0.2) is 28.1 Å². The second-order valence-corrected chi connectivity index (χ2v) is 5.19. The van der Waals surface area contributed by atoms with Crippen molar-refractivity contribution in [1.82, 2.24) is 0 Å². The van der Waals surface area contributed by atoms with Crippen LogP contribution in [0, 0.1) is 0 Å². The van der Waals surface area contributed by atoms with E-state index in [1.54, 1.807) is 0 Å². The van der Waals surface area contributed by atoms with Crippen molar-refractivity contribution in [2.75, 3.05) is 0 Å². The molecule has 0 spiro atoms. The number of hydrogen-bond acceptors (Lipinski definition) is 3. The Hall–Kier alpha value is -2.14. The molecule has 0 heterocycles. The minimum atomic E-state index is -4.87. The molecule has 0 bridgehead atoms. The first-order chi connectivity index (χ1) is 8.91. The summed E-state index contributed by atoms with van der Waals surface area (Å²) in [5.41, 5.74) is 7.82. The van der Waals surface area contributed by atoms with Gasteiger partial charge in [-0.15, -0.1) is 0 Å². The molecule has 1 aromatic carbocycles. The minimum Gasteiger partial charge on any atom is -0.370 e. The van der Waals surface area contributed by atoms with Crippen molar-refractivity contribution < 1.29 is 26.4 Å². The van der Waals surface area contributed by atoms with E-state index in [1.165, 1.54) is 0 Å². The highest BCUT2D eigenvalue weighted by Crippen LogP contribution is 2.31. The third-order valence-electron chi connectivity index (χ3n) is 2.04. The van der Waals surface area contributed by atoms with Crippen molar-refractivity contribution in [3.8, 4) is 0 Å². The maximum Gasteiger partial charge on any atom is 0.416 e. The van der Waals surface area contributed by atoms with Crippen molar-refractivity contribution in [3.63, 3.8) is 0 Å². The van der Waals surface area contributed by atoms with Gasteiger partial charge in [0.15, 0.2) is 5.96 Å². The van der Waals surface area contributed by atoms with Crippen molar-refractivity contribution in [1.29, 1.82) is 0 Å². The Kier molecular flexibility index (Phi) is 4.05. The van der Waals surface area contributed by atoms with Gasteiger partial charge in [0.1, 0.15) is 0 Å². The summed E-state index contributed by atoms with van der Waals surface area (Å²) < 4.78 is 60.1. The van der Waals surface area contributed by atoms with Crippen LogP contribution in [0.2, 0.25) is 0 Å². The average Bonchev–Trinajstić information content (AvgIpc) is 2.25. The number of nitrogens with zero attached hydrogens (tertiary/aromatic N) is 1. The molecule has 1 aromatic rings. The lowest BCUT2D eigenvalue weighted by molar-refractivity contribution is -0.137. The van der Waals surface area contributed by atoms with E-state index in [4.69, 9.17) is 16.6 Å². The van der Waals surface area contributed by atoms with Crippen LogP contribution in [-0.2, 0) is 16.2 Å². The molecule has 1 rings (SSSR count). The molecule has 7 nitrogen and oxygen atoms in total. The van der Waals surface area contributed by atoms with Gasteiger partial charge in [0, 0.05) is 5.56 Å². The largest absolute Gasteiger partial charge is 0.416 e. The number of sulfonamides is 1. The van der Waals surface area contributed by atoms with Gasteiger partial charge in [-0.2, -0.15) is 18.2 Å². The van der Waals surface area contributed by atoms with Gasteiger partial charge in [0.2, 0.25) is 10.0 Å². The highest BCUT2D eigenvalue weighted by molar-refractivity contribution is 7.89. The van der Waals surface area contributed by atoms with E-state index >= 15 is 0 Å². The number of amides is 1. The predicted molar refractivity (Wildman–Crippen MR) is 63.0 cm³/mol. The van der Waals surface area contributed by atoms with E-state index < -0.39 is 44.1 Å². The minimum absolute atomic E-state index is 0.307. The predicted octanol–water partition coefficient (Wildman–Crippen LogP) is -0.234. The fourth-order valence-corrected chi connectivity index (χ4v) is 1.81. The molecule has 1 amide bonds. The normalized spacial score (nSPS) is 12.0. The number of alkyl halides is 3. The summed E-state index contributed by atoms with van der Waals surface area (Å²) in [5, 5.41) is 4.75. The summed E-state index contributed by atoms with van der Waals surface area (Å²) in [7, 11) is -4.43. The van der Waals surface area contributed by atoms with Crippen LogP contribution in [0.3, 0.4) is 0 Å². The standard InChI is InChI=1S/C9H9F3N4O3S/c10-9(11,12)5-1-4(7(17)16-8(13)14)2-6(3-5)20(15,18)19/h1-3H,(H2,15,18,19)(H4,13,14,16,17). The maximum absolute atomic E-state index is 12.6. The number of benzene rings is 1. The third kappa shape index (κ3) is 3.93. The first-order valence-corrected chi connectivity index (χ1v) is 6.35. The Morgan fingerprint density at radius 1 is 1.15 bits per heavy atom. The lowest BCUT2D eigenvalue weighted by atomic mass is 10.1. The second kappa shape index (κ2) is 5.09. The van der Waals surface area contributed by atoms with Gasteiger partial charge < -0.3 is 11.5 Å². The van der Waals surface area contributed by atoms with Crippen molar-refractivity contribution in [3.05, 3.63) is 29.3 Å². The van der Waals surface area contributed by atoms with E-state index in [0.29, 0.717) is 18.2 Å². The van der Waals surface area contributed by atoms with Gasteiger partial charge in [0.25, 0.3) is 5.91 Å².